The number of rotatable bonds is 5. The zero-order chi connectivity index (χ0) is 29.5. The van der Waals surface area contributed by atoms with Crippen LogP contribution in [0.1, 0.15) is 36.7 Å². The second-order valence-electron chi connectivity index (χ2n) is 10.5. The molecule has 11 heteroatoms. The molecule has 0 saturated carbocycles. The number of fused-ring (bicyclic) bond motifs is 1. The molecule has 0 fully saturated rings. The highest BCUT2D eigenvalue weighted by Crippen LogP contribution is 2.28. The lowest BCUT2D eigenvalue weighted by Gasteiger charge is -2.17. The minimum atomic E-state index is -1.33. The first-order chi connectivity index (χ1) is 19.4. The van der Waals surface area contributed by atoms with E-state index < -0.39 is 39.9 Å². The molecule has 5 rings (SSSR count). The molecule has 0 spiro atoms. The van der Waals surface area contributed by atoms with Crippen molar-refractivity contribution in [3.63, 3.8) is 0 Å². The van der Waals surface area contributed by atoms with E-state index in [1.165, 1.54) is 0 Å². The molecule has 0 bridgehead atoms. The average Bonchev–Trinajstić information content (AvgIpc) is 3.38. The maximum Gasteiger partial charge on any atom is 0.258 e. The Morgan fingerprint density at radius 2 is 1.61 bits per heavy atom. The lowest BCUT2D eigenvalue weighted by atomic mass is 9.96. The summed E-state index contributed by atoms with van der Waals surface area (Å²) in [6.45, 7) is 6.49. The van der Waals surface area contributed by atoms with Gasteiger partial charge in [0, 0.05) is 46.3 Å². The molecule has 0 aliphatic carbocycles. The summed E-state index contributed by atoms with van der Waals surface area (Å²) in [6.07, 6.45) is 3.19. The summed E-state index contributed by atoms with van der Waals surface area (Å²) >= 11 is 0. The minimum Gasteiger partial charge on any atom is -0.322 e. The second-order valence-corrected chi connectivity index (χ2v) is 10.5. The van der Waals surface area contributed by atoms with Crippen LogP contribution in [0.5, 0.6) is 0 Å². The molecule has 208 valence electrons. The molecule has 0 atom stereocenters. The highest BCUT2D eigenvalue weighted by atomic mass is 19.2. The van der Waals surface area contributed by atoms with E-state index in [1.54, 1.807) is 65.4 Å². The van der Waals surface area contributed by atoms with E-state index in [4.69, 9.17) is 5.10 Å². The van der Waals surface area contributed by atoms with Crippen LogP contribution in [-0.4, -0.2) is 31.4 Å². The number of amides is 2. The highest BCUT2D eigenvalue weighted by Gasteiger charge is 2.22. The van der Waals surface area contributed by atoms with Crippen LogP contribution >= 0.6 is 0 Å². The van der Waals surface area contributed by atoms with E-state index >= 15 is 0 Å². The monoisotopic (exact) mass is 558 g/mol. The lowest BCUT2D eigenvalue weighted by Crippen LogP contribution is -2.27. The van der Waals surface area contributed by atoms with Crippen LogP contribution in [0.25, 0.3) is 28.2 Å². The van der Waals surface area contributed by atoms with Crippen LogP contribution in [0.3, 0.4) is 0 Å². The Kier molecular flexibility index (Phi) is 7.04. The van der Waals surface area contributed by atoms with Crippen LogP contribution in [-0.2, 0) is 4.79 Å². The number of carbonyl (C=O) groups is 2. The first-order valence-electron chi connectivity index (χ1n) is 12.6. The summed E-state index contributed by atoms with van der Waals surface area (Å²) in [4.78, 5) is 33.8. The van der Waals surface area contributed by atoms with E-state index in [-0.39, 0.29) is 5.91 Å². The SMILES string of the molecule is Cc1c(F)c(F)cc(C(=O)Nc2cccc(-c3ccnc4cc(-c5ccnc(NC(=O)C(C)(C)C)c5)nn34)c2)c1F. The van der Waals surface area contributed by atoms with Gasteiger partial charge >= 0.3 is 0 Å². The predicted molar refractivity (Wildman–Crippen MR) is 149 cm³/mol. The summed E-state index contributed by atoms with van der Waals surface area (Å²) in [6, 6.07) is 14.3. The molecule has 3 heterocycles. The average molecular weight is 559 g/mol. The summed E-state index contributed by atoms with van der Waals surface area (Å²) in [5.41, 5.74) is 1.68. The van der Waals surface area contributed by atoms with Crippen LogP contribution in [0.15, 0.2) is 67.0 Å². The van der Waals surface area contributed by atoms with Crippen LogP contribution in [0.2, 0.25) is 0 Å². The fourth-order valence-corrected chi connectivity index (χ4v) is 4.07. The summed E-state index contributed by atoms with van der Waals surface area (Å²) in [5, 5.41) is 10.1. The minimum absolute atomic E-state index is 0.171. The third-order valence-corrected chi connectivity index (χ3v) is 6.37. The molecule has 0 aliphatic heterocycles. The highest BCUT2D eigenvalue weighted by molar-refractivity contribution is 6.05. The fraction of sp³-hybridized carbons (Fsp3) is 0.167. The van der Waals surface area contributed by atoms with Crippen molar-refractivity contribution in [3.05, 3.63) is 95.6 Å². The smallest absolute Gasteiger partial charge is 0.258 e. The van der Waals surface area contributed by atoms with Crippen LogP contribution < -0.4 is 10.6 Å². The van der Waals surface area contributed by atoms with Gasteiger partial charge < -0.3 is 10.6 Å². The molecular formula is C30H25F3N6O2. The van der Waals surface area contributed by atoms with Gasteiger partial charge in [-0.05, 0) is 43.3 Å². The number of carbonyl (C=O) groups excluding carboxylic acids is 2. The molecule has 2 aromatic carbocycles. The van der Waals surface area contributed by atoms with Gasteiger partial charge in [-0.3, -0.25) is 9.59 Å². The van der Waals surface area contributed by atoms with E-state index in [0.717, 1.165) is 6.92 Å². The molecule has 5 aromatic rings. The van der Waals surface area contributed by atoms with Crippen molar-refractivity contribution in [3.8, 4) is 22.5 Å². The molecule has 2 N–H and O–H groups in total. The number of aromatic nitrogens is 4. The molecule has 3 aromatic heterocycles. The first-order valence-corrected chi connectivity index (χ1v) is 12.6. The van der Waals surface area contributed by atoms with Gasteiger partial charge in [0.15, 0.2) is 17.3 Å². The van der Waals surface area contributed by atoms with Gasteiger partial charge in [0.25, 0.3) is 5.91 Å². The number of nitrogens with one attached hydrogen (secondary N) is 2. The Bertz CT molecular complexity index is 1830. The van der Waals surface area contributed by atoms with Gasteiger partial charge in [-0.25, -0.2) is 27.7 Å². The number of halogens is 3. The van der Waals surface area contributed by atoms with Crippen molar-refractivity contribution in [2.45, 2.75) is 27.7 Å². The normalized spacial score (nSPS) is 11.5. The number of hydrogen-bond acceptors (Lipinski definition) is 5. The number of pyridine rings is 1. The van der Waals surface area contributed by atoms with Gasteiger partial charge in [0.05, 0.1) is 17.0 Å². The van der Waals surface area contributed by atoms with Crippen molar-refractivity contribution >= 4 is 29.0 Å². The summed E-state index contributed by atoms with van der Waals surface area (Å²) in [7, 11) is 0. The Balaban J connectivity index is 1.45. The van der Waals surface area contributed by atoms with E-state index in [0.29, 0.717) is 45.7 Å². The molecule has 0 unspecified atom stereocenters. The zero-order valence-electron chi connectivity index (χ0n) is 22.6. The Morgan fingerprint density at radius 3 is 2.37 bits per heavy atom. The van der Waals surface area contributed by atoms with Crippen molar-refractivity contribution in [1.82, 2.24) is 19.6 Å². The lowest BCUT2D eigenvalue weighted by molar-refractivity contribution is -0.123. The molecule has 8 nitrogen and oxygen atoms in total. The molecule has 0 radical (unpaired) electrons. The number of hydrogen-bond donors (Lipinski definition) is 2. The van der Waals surface area contributed by atoms with Crippen molar-refractivity contribution < 1.29 is 22.8 Å². The zero-order valence-corrected chi connectivity index (χ0v) is 22.6. The van der Waals surface area contributed by atoms with Gasteiger partial charge in [-0.15, -0.1) is 0 Å². The van der Waals surface area contributed by atoms with Crippen LogP contribution in [0, 0.1) is 29.8 Å². The van der Waals surface area contributed by atoms with Gasteiger partial charge in [0.1, 0.15) is 11.6 Å². The van der Waals surface area contributed by atoms with Gasteiger partial charge in [0.2, 0.25) is 5.91 Å². The Hall–Kier alpha value is -5.06. The van der Waals surface area contributed by atoms with Crippen molar-refractivity contribution in [2.75, 3.05) is 10.6 Å². The standard InChI is InChI=1S/C30H25F3N6O2/c1-16-26(32)20(14-21(31)27(16)33)28(40)36-19-7-5-6-18(12-19)23-9-11-35-25-15-22(38-39(23)25)17-8-10-34-24(13-17)37-29(41)30(2,3)4/h5-15H,1-4H3,(H,36,40)(H,34,37,41). The fourth-order valence-electron chi connectivity index (χ4n) is 4.07. The topological polar surface area (TPSA) is 101 Å². The summed E-state index contributed by atoms with van der Waals surface area (Å²) < 4.78 is 43.6. The first kappa shape index (κ1) is 27.5. The van der Waals surface area contributed by atoms with Crippen LogP contribution in [0.4, 0.5) is 24.7 Å². The number of nitrogens with zero attached hydrogens (tertiary/aromatic N) is 4. The second kappa shape index (κ2) is 10.5. The number of anilines is 2. The molecule has 0 saturated heterocycles. The third kappa shape index (κ3) is 5.51. The molecule has 2 amide bonds. The van der Waals surface area contributed by atoms with Gasteiger partial charge in [-0.2, -0.15) is 5.10 Å². The predicted octanol–water partition coefficient (Wildman–Crippen LogP) is 6.42. The molecule has 0 aliphatic rings. The molecule has 41 heavy (non-hydrogen) atoms. The van der Waals surface area contributed by atoms with Crippen molar-refractivity contribution in [2.24, 2.45) is 5.41 Å². The third-order valence-electron chi connectivity index (χ3n) is 6.37. The van der Waals surface area contributed by atoms with Gasteiger partial charge in [-0.1, -0.05) is 32.9 Å². The largest absolute Gasteiger partial charge is 0.322 e. The van der Waals surface area contributed by atoms with E-state index in [9.17, 15) is 22.8 Å². The summed E-state index contributed by atoms with van der Waals surface area (Å²) in [5.74, 6) is -4.47. The maximum absolute atomic E-state index is 14.5. The Labute approximate surface area is 233 Å². The van der Waals surface area contributed by atoms with E-state index in [2.05, 4.69) is 20.6 Å². The molecular weight excluding hydrogens is 533 g/mol. The van der Waals surface area contributed by atoms with E-state index in [1.807, 2.05) is 20.8 Å². The number of benzene rings is 2. The Morgan fingerprint density at radius 1 is 0.854 bits per heavy atom. The van der Waals surface area contributed by atoms with Crippen molar-refractivity contribution in [1.29, 1.82) is 0 Å². The quantitative estimate of drug-likeness (QED) is 0.243. The maximum atomic E-state index is 14.5.